The maximum Gasteiger partial charge on any atom is 0.119 e. The molecule has 0 spiro atoms. The molecule has 0 aliphatic rings. The normalized spacial score (nSPS) is 10.8. The van der Waals surface area contributed by atoms with Gasteiger partial charge in [0.15, 0.2) is 0 Å². The van der Waals surface area contributed by atoms with Gasteiger partial charge in [-0.15, -0.1) is 0 Å². The van der Waals surface area contributed by atoms with E-state index in [4.69, 9.17) is 10.5 Å². The molecule has 2 aromatic carbocycles. The van der Waals surface area contributed by atoms with Gasteiger partial charge >= 0.3 is 0 Å². The van der Waals surface area contributed by atoms with E-state index in [-0.39, 0.29) is 0 Å². The molecular weight excluding hydrogens is 248 g/mol. The molecule has 106 valence electrons. The van der Waals surface area contributed by atoms with Gasteiger partial charge in [-0.3, -0.25) is 4.90 Å². The fourth-order valence-corrected chi connectivity index (χ4v) is 2.30. The zero-order valence-corrected chi connectivity index (χ0v) is 12.4. The maximum atomic E-state index is 5.95. The molecule has 3 nitrogen and oxygen atoms in total. The van der Waals surface area contributed by atoms with Crippen molar-refractivity contribution in [1.29, 1.82) is 0 Å². The lowest BCUT2D eigenvalue weighted by molar-refractivity contribution is 0.317. The second-order valence-electron chi connectivity index (χ2n) is 5.16. The van der Waals surface area contributed by atoms with Gasteiger partial charge in [-0.1, -0.05) is 24.3 Å². The van der Waals surface area contributed by atoms with Gasteiger partial charge in [0.05, 0.1) is 7.11 Å². The Labute approximate surface area is 121 Å². The second-order valence-corrected chi connectivity index (χ2v) is 5.16. The van der Waals surface area contributed by atoms with Crippen molar-refractivity contribution in [3.63, 3.8) is 0 Å². The predicted molar refractivity (Wildman–Crippen MR) is 83.8 cm³/mol. The van der Waals surface area contributed by atoms with E-state index >= 15 is 0 Å². The number of anilines is 1. The number of nitrogens with two attached hydrogens (primary N) is 1. The average molecular weight is 270 g/mol. The van der Waals surface area contributed by atoms with Crippen LogP contribution < -0.4 is 10.5 Å². The summed E-state index contributed by atoms with van der Waals surface area (Å²) in [5.74, 6) is 0.899. The summed E-state index contributed by atoms with van der Waals surface area (Å²) in [4.78, 5) is 2.27. The van der Waals surface area contributed by atoms with Crippen molar-refractivity contribution in [2.75, 3.05) is 19.9 Å². The van der Waals surface area contributed by atoms with Gasteiger partial charge in [0, 0.05) is 18.8 Å². The van der Waals surface area contributed by atoms with E-state index in [0.717, 1.165) is 24.5 Å². The molecule has 0 radical (unpaired) electrons. The van der Waals surface area contributed by atoms with Gasteiger partial charge in [0.2, 0.25) is 0 Å². The van der Waals surface area contributed by atoms with E-state index in [9.17, 15) is 0 Å². The molecule has 0 aliphatic heterocycles. The van der Waals surface area contributed by atoms with Crippen molar-refractivity contribution >= 4 is 5.69 Å². The van der Waals surface area contributed by atoms with Crippen LogP contribution in [-0.4, -0.2) is 19.1 Å². The molecule has 2 aromatic rings. The van der Waals surface area contributed by atoms with Gasteiger partial charge in [0.25, 0.3) is 0 Å². The molecule has 2 rings (SSSR count). The standard InChI is InChI=1S/C17H22N2O/c1-13-15(7-5-9-17(13)18)12-19(2)11-14-6-4-8-16(10-14)20-3/h4-10H,11-12,18H2,1-3H3. The molecular formula is C17H22N2O. The summed E-state index contributed by atoms with van der Waals surface area (Å²) >= 11 is 0. The lowest BCUT2D eigenvalue weighted by atomic mass is 10.1. The number of rotatable bonds is 5. The minimum absolute atomic E-state index is 0.859. The van der Waals surface area contributed by atoms with Crippen LogP contribution in [-0.2, 0) is 13.1 Å². The summed E-state index contributed by atoms with van der Waals surface area (Å²) in [6.07, 6.45) is 0. The maximum absolute atomic E-state index is 5.95. The third kappa shape index (κ3) is 3.52. The van der Waals surface area contributed by atoms with Gasteiger partial charge in [0.1, 0.15) is 5.75 Å². The Morgan fingerprint density at radius 2 is 1.85 bits per heavy atom. The van der Waals surface area contributed by atoms with Crippen LogP contribution in [0.1, 0.15) is 16.7 Å². The highest BCUT2D eigenvalue weighted by atomic mass is 16.5. The number of hydrogen-bond donors (Lipinski definition) is 1. The van der Waals surface area contributed by atoms with E-state index in [1.165, 1.54) is 16.7 Å². The molecule has 2 N–H and O–H groups in total. The van der Waals surface area contributed by atoms with Gasteiger partial charge in [-0.05, 0) is 48.9 Å². The Morgan fingerprint density at radius 1 is 1.10 bits per heavy atom. The average Bonchev–Trinajstić information content (AvgIpc) is 2.44. The summed E-state index contributed by atoms with van der Waals surface area (Å²) in [7, 11) is 3.81. The van der Waals surface area contributed by atoms with Crippen molar-refractivity contribution in [3.05, 3.63) is 59.2 Å². The van der Waals surface area contributed by atoms with E-state index < -0.39 is 0 Å². The van der Waals surface area contributed by atoms with Crippen molar-refractivity contribution in [2.45, 2.75) is 20.0 Å². The monoisotopic (exact) mass is 270 g/mol. The van der Waals surface area contributed by atoms with Crippen LogP contribution in [0.4, 0.5) is 5.69 Å². The fraction of sp³-hybridized carbons (Fsp3) is 0.294. The highest BCUT2D eigenvalue weighted by molar-refractivity contribution is 5.49. The summed E-state index contributed by atoms with van der Waals surface area (Å²) < 4.78 is 5.25. The van der Waals surface area contributed by atoms with Gasteiger partial charge in [-0.25, -0.2) is 0 Å². The largest absolute Gasteiger partial charge is 0.497 e. The first kappa shape index (κ1) is 14.4. The molecule has 0 unspecified atom stereocenters. The molecule has 0 amide bonds. The Hall–Kier alpha value is -2.00. The number of nitrogen functional groups attached to an aromatic ring is 1. The smallest absolute Gasteiger partial charge is 0.119 e. The Morgan fingerprint density at radius 3 is 2.60 bits per heavy atom. The first-order valence-corrected chi connectivity index (χ1v) is 6.75. The van der Waals surface area contributed by atoms with Crippen LogP contribution in [0, 0.1) is 6.92 Å². The molecule has 0 aromatic heterocycles. The van der Waals surface area contributed by atoms with Crippen LogP contribution in [0.5, 0.6) is 5.75 Å². The zero-order chi connectivity index (χ0) is 14.5. The Kier molecular flexibility index (Phi) is 4.64. The van der Waals surface area contributed by atoms with Crippen LogP contribution >= 0.6 is 0 Å². The Bertz CT molecular complexity index is 581. The Balaban J connectivity index is 2.05. The fourth-order valence-electron chi connectivity index (χ4n) is 2.30. The van der Waals surface area contributed by atoms with E-state index in [1.54, 1.807) is 7.11 Å². The molecule has 0 fully saturated rings. The van der Waals surface area contributed by atoms with Crippen LogP contribution in [0.2, 0.25) is 0 Å². The van der Waals surface area contributed by atoms with E-state index in [2.05, 4.69) is 37.1 Å². The number of nitrogens with zero attached hydrogens (tertiary/aromatic N) is 1. The van der Waals surface area contributed by atoms with E-state index in [1.807, 2.05) is 24.3 Å². The molecule has 3 heteroatoms. The number of methoxy groups -OCH3 is 1. The minimum atomic E-state index is 0.859. The third-order valence-electron chi connectivity index (χ3n) is 3.51. The van der Waals surface area contributed by atoms with E-state index in [0.29, 0.717) is 0 Å². The quantitative estimate of drug-likeness (QED) is 0.848. The molecule has 0 saturated heterocycles. The summed E-state index contributed by atoms with van der Waals surface area (Å²) in [6.45, 7) is 3.84. The third-order valence-corrected chi connectivity index (χ3v) is 3.51. The number of ether oxygens (including phenoxy) is 1. The zero-order valence-electron chi connectivity index (χ0n) is 12.4. The highest BCUT2D eigenvalue weighted by Crippen LogP contribution is 2.19. The lowest BCUT2D eigenvalue weighted by Crippen LogP contribution is -2.18. The molecule has 0 saturated carbocycles. The predicted octanol–water partition coefficient (Wildman–Crippen LogP) is 3.22. The van der Waals surface area contributed by atoms with Crippen molar-refractivity contribution in [2.24, 2.45) is 0 Å². The second kappa shape index (κ2) is 6.44. The molecule has 0 atom stereocenters. The lowest BCUT2D eigenvalue weighted by Gasteiger charge is -2.19. The summed E-state index contributed by atoms with van der Waals surface area (Å²) in [6, 6.07) is 14.3. The topological polar surface area (TPSA) is 38.5 Å². The first-order valence-electron chi connectivity index (χ1n) is 6.75. The van der Waals surface area contributed by atoms with Gasteiger partial charge in [-0.2, -0.15) is 0 Å². The van der Waals surface area contributed by atoms with Crippen LogP contribution in [0.3, 0.4) is 0 Å². The highest BCUT2D eigenvalue weighted by Gasteiger charge is 2.06. The van der Waals surface area contributed by atoms with Crippen molar-refractivity contribution in [1.82, 2.24) is 4.90 Å². The minimum Gasteiger partial charge on any atom is -0.497 e. The summed E-state index contributed by atoms with van der Waals surface area (Å²) in [5, 5.41) is 0. The summed E-state index contributed by atoms with van der Waals surface area (Å²) in [5.41, 5.74) is 10.5. The van der Waals surface area contributed by atoms with Crippen molar-refractivity contribution in [3.8, 4) is 5.75 Å². The number of hydrogen-bond acceptors (Lipinski definition) is 3. The van der Waals surface area contributed by atoms with Gasteiger partial charge < -0.3 is 10.5 Å². The molecule has 20 heavy (non-hydrogen) atoms. The number of benzene rings is 2. The van der Waals surface area contributed by atoms with Crippen LogP contribution in [0.15, 0.2) is 42.5 Å². The van der Waals surface area contributed by atoms with Crippen molar-refractivity contribution < 1.29 is 4.74 Å². The molecule has 0 bridgehead atoms. The van der Waals surface area contributed by atoms with Crippen LogP contribution in [0.25, 0.3) is 0 Å². The molecule has 0 heterocycles. The SMILES string of the molecule is COc1cccc(CN(C)Cc2cccc(N)c2C)c1. The molecule has 0 aliphatic carbocycles. The first-order chi connectivity index (χ1) is 9.60.